The molecule has 0 aliphatic carbocycles. The minimum atomic E-state index is -4.44. The first-order chi connectivity index (χ1) is 6.48. The van der Waals surface area contributed by atoms with Crippen LogP contribution in [0.15, 0.2) is 0 Å². The van der Waals surface area contributed by atoms with Crippen LogP contribution in [0, 0.1) is 0 Å². The van der Waals surface area contributed by atoms with E-state index < -0.39 is 12.3 Å². The molecule has 0 unspecified atom stereocenters. The fraction of sp³-hybridized carbons (Fsp3) is 1.00. The van der Waals surface area contributed by atoms with E-state index in [0.29, 0.717) is 6.42 Å². The van der Waals surface area contributed by atoms with Crippen molar-refractivity contribution in [1.82, 2.24) is 0 Å². The fourth-order valence-electron chi connectivity index (χ4n) is 1.28. The maximum absolute atomic E-state index is 11.8. The molecule has 0 rings (SSSR count). The van der Waals surface area contributed by atoms with Gasteiger partial charge in [-0.2, -0.15) is 13.2 Å². The van der Waals surface area contributed by atoms with Gasteiger partial charge in [-0.1, -0.05) is 45.4 Å². The number of hydrogen-bond acceptors (Lipinski definition) is 1. The van der Waals surface area contributed by atoms with Gasteiger partial charge in [0.15, 0.2) is 0 Å². The number of alkyl halides is 3. The van der Waals surface area contributed by atoms with Gasteiger partial charge in [0.05, 0.1) is 0 Å². The Balaban J connectivity index is 3.28. The zero-order chi connectivity index (χ0) is 11.0. The summed E-state index contributed by atoms with van der Waals surface area (Å²) in [6.07, 6.45) is -1.16. The van der Waals surface area contributed by atoms with Gasteiger partial charge in [-0.05, 0) is 6.42 Å². The van der Waals surface area contributed by atoms with Crippen LogP contribution in [0.25, 0.3) is 0 Å². The minimum Gasteiger partial charge on any atom is -0.384 e. The molecule has 0 spiro atoms. The summed E-state index contributed by atoms with van der Waals surface area (Å²) in [5.74, 6) is 0. The highest BCUT2D eigenvalue weighted by Gasteiger charge is 2.37. The maximum Gasteiger partial charge on any atom is 0.414 e. The van der Waals surface area contributed by atoms with E-state index >= 15 is 0 Å². The zero-order valence-corrected chi connectivity index (χ0v) is 8.61. The summed E-state index contributed by atoms with van der Waals surface area (Å²) in [7, 11) is 0. The van der Waals surface area contributed by atoms with Crippen LogP contribution in [-0.4, -0.2) is 17.4 Å². The molecule has 0 aromatic carbocycles. The molecule has 0 aromatic heterocycles. The number of hydrogen-bond donors (Lipinski definition) is 1. The van der Waals surface area contributed by atoms with Crippen molar-refractivity contribution in [2.45, 2.75) is 64.1 Å². The minimum absolute atomic E-state index is 0.157. The predicted molar refractivity (Wildman–Crippen MR) is 50.1 cm³/mol. The van der Waals surface area contributed by atoms with Crippen molar-refractivity contribution in [3.63, 3.8) is 0 Å². The van der Waals surface area contributed by atoms with Gasteiger partial charge in [0.2, 0.25) is 0 Å². The zero-order valence-electron chi connectivity index (χ0n) is 8.61. The Morgan fingerprint density at radius 3 is 2.00 bits per heavy atom. The van der Waals surface area contributed by atoms with Gasteiger partial charge in [-0.3, -0.25) is 0 Å². The number of unbranched alkanes of at least 4 members (excludes halogenated alkanes) is 5. The number of aliphatic hydroxyl groups is 1. The summed E-state index contributed by atoms with van der Waals surface area (Å²) >= 11 is 0. The molecule has 1 atom stereocenters. The van der Waals surface area contributed by atoms with E-state index in [9.17, 15) is 13.2 Å². The van der Waals surface area contributed by atoms with Crippen LogP contribution in [0.4, 0.5) is 13.2 Å². The lowest BCUT2D eigenvalue weighted by molar-refractivity contribution is -0.205. The van der Waals surface area contributed by atoms with Crippen molar-refractivity contribution in [3.8, 4) is 0 Å². The van der Waals surface area contributed by atoms with E-state index in [1.165, 1.54) is 0 Å². The molecule has 86 valence electrons. The van der Waals surface area contributed by atoms with E-state index in [2.05, 4.69) is 6.92 Å². The molecule has 14 heavy (non-hydrogen) atoms. The highest BCUT2D eigenvalue weighted by Crippen LogP contribution is 2.24. The van der Waals surface area contributed by atoms with Crippen LogP contribution in [0.2, 0.25) is 0 Å². The standard InChI is InChI=1S/C10H19F3O/c1-2-3-4-5-6-7-8-9(14)10(11,12)13/h9,14H,2-8H2,1H3/t9-/m1/s1. The van der Waals surface area contributed by atoms with Crippen molar-refractivity contribution in [2.75, 3.05) is 0 Å². The van der Waals surface area contributed by atoms with Crippen LogP contribution in [0.5, 0.6) is 0 Å². The Bertz CT molecular complexity index is 134. The van der Waals surface area contributed by atoms with E-state index in [4.69, 9.17) is 5.11 Å². The molecule has 1 N–H and O–H groups in total. The van der Waals surface area contributed by atoms with Gasteiger partial charge >= 0.3 is 6.18 Å². The van der Waals surface area contributed by atoms with Crippen LogP contribution in [0.3, 0.4) is 0 Å². The third kappa shape index (κ3) is 7.18. The van der Waals surface area contributed by atoms with E-state index in [1.807, 2.05) is 0 Å². The largest absolute Gasteiger partial charge is 0.414 e. The molecule has 0 radical (unpaired) electrons. The Labute approximate surface area is 83.3 Å². The Morgan fingerprint density at radius 1 is 1.00 bits per heavy atom. The number of halogens is 3. The molecule has 0 saturated heterocycles. The molecular formula is C10H19F3O. The summed E-state index contributed by atoms with van der Waals surface area (Å²) < 4.78 is 35.5. The molecule has 0 amide bonds. The van der Waals surface area contributed by atoms with Gasteiger partial charge < -0.3 is 5.11 Å². The monoisotopic (exact) mass is 212 g/mol. The Kier molecular flexibility index (Phi) is 6.97. The lowest BCUT2D eigenvalue weighted by Gasteiger charge is -2.13. The summed E-state index contributed by atoms with van der Waals surface area (Å²) in [6, 6.07) is 0. The van der Waals surface area contributed by atoms with E-state index in [-0.39, 0.29) is 6.42 Å². The number of rotatable bonds is 7. The molecule has 0 saturated carbocycles. The molecule has 0 aromatic rings. The van der Waals surface area contributed by atoms with Gasteiger partial charge in [-0.25, -0.2) is 0 Å². The maximum atomic E-state index is 11.8. The van der Waals surface area contributed by atoms with Crippen molar-refractivity contribution in [3.05, 3.63) is 0 Å². The first-order valence-corrected chi connectivity index (χ1v) is 5.23. The van der Waals surface area contributed by atoms with Gasteiger partial charge in [-0.15, -0.1) is 0 Å². The average Bonchev–Trinajstić information content (AvgIpc) is 2.09. The Morgan fingerprint density at radius 2 is 1.50 bits per heavy atom. The van der Waals surface area contributed by atoms with Crippen molar-refractivity contribution in [1.29, 1.82) is 0 Å². The van der Waals surface area contributed by atoms with Gasteiger partial charge in [0, 0.05) is 0 Å². The molecule has 1 nitrogen and oxygen atoms in total. The first-order valence-electron chi connectivity index (χ1n) is 5.23. The lowest BCUT2D eigenvalue weighted by Crippen LogP contribution is -2.28. The summed E-state index contributed by atoms with van der Waals surface area (Å²) in [5, 5.41) is 8.66. The lowest BCUT2D eigenvalue weighted by atomic mass is 10.1. The first kappa shape index (κ1) is 13.8. The van der Waals surface area contributed by atoms with Crippen molar-refractivity contribution < 1.29 is 18.3 Å². The van der Waals surface area contributed by atoms with Crippen molar-refractivity contribution in [2.24, 2.45) is 0 Å². The highest BCUT2D eigenvalue weighted by atomic mass is 19.4. The molecular weight excluding hydrogens is 193 g/mol. The molecule has 4 heteroatoms. The number of aliphatic hydroxyl groups excluding tert-OH is 1. The van der Waals surface area contributed by atoms with Crippen LogP contribution < -0.4 is 0 Å². The Hall–Kier alpha value is -0.250. The topological polar surface area (TPSA) is 20.2 Å². The quantitative estimate of drug-likeness (QED) is 0.638. The molecule has 0 aliphatic heterocycles. The third-order valence-corrected chi connectivity index (χ3v) is 2.21. The summed E-state index contributed by atoms with van der Waals surface area (Å²) in [5.41, 5.74) is 0. The van der Waals surface area contributed by atoms with Crippen LogP contribution in [-0.2, 0) is 0 Å². The van der Waals surface area contributed by atoms with E-state index in [1.54, 1.807) is 0 Å². The van der Waals surface area contributed by atoms with Crippen LogP contribution in [0.1, 0.15) is 51.9 Å². The highest BCUT2D eigenvalue weighted by molar-refractivity contribution is 4.64. The second kappa shape index (κ2) is 7.10. The normalized spacial score (nSPS) is 14.4. The molecule has 0 heterocycles. The second-order valence-corrected chi connectivity index (χ2v) is 3.61. The van der Waals surface area contributed by atoms with Crippen molar-refractivity contribution >= 4 is 0 Å². The van der Waals surface area contributed by atoms with Gasteiger partial charge in [0.1, 0.15) is 6.10 Å². The second-order valence-electron chi connectivity index (χ2n) is 3.61. The van der Waals surface area contributed by atoms with Gasteiger partial charge in [0.25, 0.3) is 0 Å². The predicted octanol–water partition coefficient (Wildman–Crippen LogP) is 3.66. The molecule has 0 fully saturated rings. The summed E-state index contributed by atoms with van der Waals surface area (Å²) in [6.45, 7) is 2.09. The third-order valence-electron chi connectivity index (χ3n) is 2.21. The van der Waals surface area contributed by atoms with Crippen LogP contribution >= 0.6 is 0 Å². The summed E-state index contributed by atoms with van der Waals surface area (Å²) in [4.78, 5) is 0. The SMILES string of the molecule is CCCCCCCC[C@@H](O)C(F)(F)F. The average molecular weight is 212 g/mol. The van der Waals surface area contributed by atoms with E-state index in [0.717, 1.165) is 32.1 Å². The molecule has 0 aliphatic rings. The fourth-order valence-corrected chi connectivity index (χ4v) is 1.28. The smallest absolute Gasteiger partial charge is 0.384 e. The molecule has 0 bridgehead atoms.